The Kier molecular flexibility index (Phi) is 41.7. The summed E-state index contributed by atoms with van der Waals surface area (Å²) < 4.78 is 11.5. The second-order valence-corrected chi connectivity index (χ2v) is 15.9. The lowest BCUT2D eigenvalue weighted by atomic mass is 10.0. The molecule has 0 rings (SSSR count). The molecule has 0 amide bonds. The average molecular weight is 738 g/mol. The summed E-state index contributed by atoms with van der Waals surface area (Å²) in [4.78, 5) is 27.1. The van der Waals surface area contributed by atoms with Crippen LogP contribution in [-0.2, 0) is 19.1 Å². The van der Waals surface area contributed by atoms with E-state index in [0.717, 1.165) is 90.3 Å². The Morgan fingerprint density at radius 2 is 0.808 bits per heavy atom. The molecule has 0 spiro atoms. The van der Waals surface area contributed by atoms with Gasteiger partial charge in [-0.15, -0.1) is 0 Å². The van der Waals surface area contributed by atoms with Gasteiger partial charge < -0.3 is 19.5 Å². The number of rotatable bonds is 43. The van der Waals surface area contributed by atoms with E-state index in [1.54, 1.807) is 0 Å². The number of nitrogens with zero attached hydrogens (tertiary/aromatic N) is 1. The van der Waals surface area contributed by atoms with Gasteiger partial charge in [-0.05, 0) is 70.9 Å². The molecule has 6 heteroatoms. The van der Waals surface area contributed by atoms with Crippen LogP contribution < -0.4 is 0 Å². The Bertz CT molecular complexity index is 732. The fourth-order valence-corrected chi connectivity index (χ4v) is 7.23. The van der Waals surface area contributed by atoms with Gasteiger partial charge >= 0.3 is 11.9 Å². The molecule has 0 heterocycles. The summed E-state index contributed by atoms with van der Waals surface area (Å²) >= 11 is 0. The van der Waals surface area contributed by atoms with Crippen LogP contribution in [0.1, 0.15) is 245 Å². The Hall–Kier alpha value is -1.14. The van der Waals surface area contributed by atoms with Crippen molar-refractivity contribution in [1.29, 1.82) is 0 Å². The quantitative estimate of drug-likeness (QED) is 0.0496. The average Bonchev–Trinajstić information content (AvgIpc) is 3.14. The van der Waals surface area contributed by atoms with Gasteiger partial charge in [0.25, 0.3) is 0 Å². The first kappa shape index (κ1) is 50.9. The van der Waals surface area contributed by atoms with E-state index in [0.29, 0.717) is 19.4 Å². The first-order valence-electron chi connectivity index (χ1n) is 23.3. The molecule has 52 heavy (non-hydrogen) atoms. The van der Waals surface area contributed by atoms with Crippen molar-refractivity contribution >= 4 is 11.9 Å². The van der Waals surface area contributed by atoms with Crippen LogP contribution in [0.25, 0.3) is 0 Å². The molecule has 1 unspecified atom stereocenters. The molecule has 0 fully saturated rings. The summed E-state index contributed by atoms with van der Waals surface area (Å²) in [6, 6.07) is 0. The molecule has 0 saturated carbocycles. The zero-order valence-corrected chi connectivity index (χ0v) is 35.4. The van der Waals surface area contributed by atoms with Gasteiger partial charge in [0.2, 0.25) is 0 Å². The first-order valence-corrected chi connectivity index (χ1v) is 23.3. The van der Waals surface area contributed by atoms with Gasteiger partial charge in [0.15, 0.2) is 0 Å². The summed E-state index contributed by atoms with van der Waals surface area (Å²) in [7, 11) is 0. The molecule has 1 atom stereocenters. The van der Waals surface area contributed by atoms with Crippen molar-refractivity contribution in [1.82, 2.24) is 4.90 Å². The Balaban J connectivity index is 3.98. The highest BCUT2D eigenvalue weighted by atomic mass is 16.5. The van der Waals surface area contributed by atoms with E-state index in [9.17, 15) is 14.7 Å². The van der Waals surface area contributed by atoms with Crippen LogP contribution in [0.5, 0.6) is 0 Å². The van der Waals surface area contributed by atoms with Crippen molar-refractivity contribution in [2.45, 2.75) is 252 Å². The maximum atomic E-state index is 12.7. The van der Waals surface area contributed by atoms with Crippen LogP contribution in [0.4, 0.5) is 0 Å². The number of carbonyl (C=O) groups excluding carboxylic acids is 2. The van der Waals surface area contributed by atoms with E-state index in [-0.39, 0.29) is 24.6 Å². The topological polar surface area (TPSA) is 76.1 Å². The summed E-state index contributed by atoms with van der Waals surface area (Å²) in [6.07, 6.45) is 41.2. The van der Waals surface area contributed by atoms with Crippen LogP contribution >= 0.6 is 0 Å². The summed E-state index contributed by atoms with van der Waals surface area (Å²) in [6.45, 7) is 10.4. The predicted octanol–water partition coefficient (Wildman–Crippen LogP) is 13.4. The molecular weight excluding hydrogens is 647 g/mol. The molecule has 0 bridgehead atoms. The number of hydrogen-bond acceptors (Lipinski definition) is 6. The van der Waals surface area contributed by atoms with Gasteiger partial charge in [0.1, 0.15) is 6.10 Å². The van der Waals surface area contributed by atoms with E-state index < -0.39 is 0 Å². The van der Waals surface area contributed by atoms with Gasteiger partial charge in [-0.2, -0.15) is 0 Å². The second-order valence-electron chi connectivity index (χ2n) is 15.9. The lowest BCUT2D eigenvalue weighted by Crippen LogP contribution is -2.29. The maximum Gasteiger partial charge on any atom is 0.306 e. The molecule has 310 valence electrons. The van der Waals surface area contributed by atoms with Crippen molar-refractivity contribution in [2.75, 3.05) is 32.8 Å². The molecule has 0 aliphatic rings. The Morgan fingerprint density at radius 3 is 1.25 bits per heavy atom. The summed E-state index contributed by atoms with van der Waals surface area (Å²) in [5.74, 6) is -0.0137. The molecule has 0 radical (unpaired) electrons. The number of aliphatic hydroxyl groups is 1. The largest absolute Gasteiger partial charge is 0.466 e. The molecule has 0 aliphatic heterocycles. The highest BCUT2D eigenvalue weighted by Gasteiger charge is 2.14. The Morgan fingerprint density at radius 1 is 0.442 bits per heavy atom. The van der Waals surface area contributed by atoms with Crippen molar-refractivity contribution < 1.29 is 24.2 Å². The van der Waals surface area contributed by atoms with Gasteiger partial charge in [0.05, 0.1) is 13.2 Å². The second kappa shape index (κ2) is 42.6. The third-order valence-electron chi connectivity index (χ3n) is 10.7. The molecule has 0 aromatic rings. The van der Waals surface area contributed by atoms with Crippen LogP contribution in [0.2, 0.25) is 0 Å². The molecule has 6 nitrogen and oxygen atoms in total. The lowest BCUT2D eigenvalue weighted by Gasteiger charge is -2.21. The first-order chi connectivity index (χ1) is 25.6. The van der Waals surface area contributed by atoms with Crippen molar-refractivity contribution in [3.8, 4) is 0 Å². The molecule has 0 aromatic heterocycles. The van der Waals surface area contributed by atoms with E-state index in [2.05, 4.69) is 25.7 Å². The lowest BCUT2D eigenvalue weighted by molar-refractivity contribution is -0.150. The van der Waals surface area contributed by atoms with E-state index in [1.165, 1.54) is 141 Å². The monoisotopic (exact) mass is 738 g/mol. The number of ether oxygens (including phenoxy) is 2. The summed E-state index contributed by atoms with van der Waals surface area (Å²) in [5.41, 5.74) is 0. The smallest absolute Gasteiger partial charge is 0.306 e. The van der Waals surface area contributed by atoms with Crippen molar-refractivity contribution in [3.63, 3.8) is 0 Å². The van der Waals surface area contributed by atoms with Crippen LogP contribution in [-0.4, -0.2) is 60.9 Å². The highest BCUT2D eigenvalue weighted by molar-refractivity contribution is 5.69. The minimum atomic E-state index is -0.0307. The summed E-state index contributed by atoms with van der Waals surface area (Å²) in [5, 5.41) is 9.55. The number of hydrogen-bond donors (Lipinski definition) is 1. The highest BCUT2D eigenvalue weighted by Crippen LogP contribution is 2.19. The molecule has 0 aliphatic carbocycles. The maximum absolute atomic E-state index is 12.7. The van der Waals surface area contributed by atoms with Crippen LogP contribution in [0.15, 0.2) is 0 Å². The number of carbonyl (C=O) groups is 2. The van der Waals surface area contributed by atoms with Gasteiger partial charge in [-0.25, -0.2) is 0 Å². The third kappa shape index (κ3) is 38.6. The van der Waals surface area contributed by atoms with Crippen molar-refractivity contribution in [2.24, 2.45) is 0 Å². The van der Waals surface area contributed by atoms with E-state index in [1.807, 2.05) is 0 Å². The third-order valence-corrected chi connectivity index (χ3v) is 10.7. The van der Waals surface area contributed by atoms with Gasteiger partial charge in [-0.3, -0.25) is 9.59 Å². The van der Waals surface area contributed by atoms with Crippen molar-refractivity contribution in [3.05, 3.63) is 0 Å². The predicted molar refractivity (Wildman–Crippen MR) is 223 cm³/mol. The van der Waals surface area contributed by atoms with Crippen LogP contribution in [0, 0.1) is 0 Å². The normalized spacial score (nSPS) is 12.1. The Labute approximate surface area is 324 Å². The molecule has 1 N–H and O–H groups in total. The molecule has 0 aromatic carbocycles. The number of unbranched alkanes of at least 4 members (excludes halogenated alkanes) is 26. The SMILES string of the molecule is CCCCCCCCCCC(CCCCCCCC)OC(=O)CCCCCCCN(CCO)CCCCCCCC(=O)OCCCCCCCCC. The fraction of sp³-hybridized carbons (Fsp3) is 0.957. The molecule has 0 saturated heterocycles. The van der Waals surface area contributed by atoms with Crippen LogP contribution in [0.3, 0.4) is 0 Å². The minimum absolute atomic E-state index is 0.0170. The van der Waals surface area contributed by atoms with E-state index >= 15 is 0 Å². The van der Waals surface area contributed by atoms with E-state index in [4.69, 9.17) is 9.47 Å². The fourth-order valence-electron chi connectivity index (χ4n) is 7.23. The minimum Gasteiger partial charge on any atom is -0.466 e. The van der Waals surface area contributed by atoms with Gasteiger partial charge in [0, 0.05) is 19.4 Å². The number of esters is 2. The van der Waals surface area contributed by atoms with Gasteiger partial charge in [-0.1, -0.05) is 175 Å². The molecular formula is C46H91NO5. The zero-order valence-electron chi connectivity index (χ0n) is 35.4. The number of aliphatic hydroxyl groups excluding tert-OH is 1. The standard InChI is InChI=1S/C46H91NO5/c1-4-7-10-13-16-17-22-29-36-44(35-28-21-15-12-9-6-3)52-46(50)38-31-24-20-26-33-40-47(41-42-48)39-32-25-19-23-30-37-45(49)51-43-34-27-18-14-11-8-5-2/h44,48H,4-43H2,1-3H3. The zero-order chi connectivity index (χ0) is 38.0.